The zero-order chi connectivity index (χ0) is 24.4. The summed E-state index contributed by atoms with van der Waals surface area (Å²) in [6.45, 7) is 3.28. The molecule has 35 heavy (non-hydrogen) atoms. The zero-order valence-electron chi connectivity index (χ0n) is 20.5. The van der Waals surface area contributed by atoms with Crippen molar-refractivity contribution in [3.05, 3.63) is 0 Å². The summed E-state index contributed by atoms with van der Waals surface area (Å²) in [5, 5.41) is 5.13. The molecule has 11 heteroatoms. The average molecular weight is 577 g/mol. The molecule has 0 bridgehead atoms. The van der Waals surface area contributed by atoms with Gasteiger partial charge in [-0.25, -0.2) is 4.79 Å². The van der Waals surface area contributed by atoms with Gasteiger partial charge in [0.15, 0.2) is 0 Å². The Balaban J connectivity index is 0.00000432. The van der Waals surface area contributed by atoms with Crippen molar-refractivity contribution >= 4 is 46.8 Å². The van der Waals surface area contributed by atoms with Crippen LogP contribution in [-0.4, -0.2) is 71.7 Å². The highest BCUT2D eigenvalue weighted by Gasteiger charge is 2.35. The van der Waals surface area contributed by atoms with Crippen molar-refractivity contribution in [1.29, 1.82) is 0 Å². The van der Waals surface area contributed by atoms with Crippen LogP contribution in [0.2, 0.25) is 0 Å². The summed E-state index contributed by atoms with van der Waals surface area (Å²) in [4.78, 5) is 28.1. The number of alkyl carbamates (subject to hydrolysis) is 1. The van der Waals surface area contributed by atoms with Gasteiger partial charge in [-0.15, -0.1) is 0 Å². The lowest BCUT2D eigenvalue weighted by Gasteiger charge is -2.39. The smallest absolute Gasteiger partial charge is 0.407 e. The topological polar surface area (TPSA) is 84.5 Å². The minimum Gasteiger partial charge on any atom is -1.00 e. The van der Waals surface area contributed by atoms with E-state index < -0.39 is 15.9 Å². The predicted molar refractivity (Wildman–Crippen MR) is 134 cm³/mol. The monoisotopic (exact) mass is 575 g/mol. The third-order valence-electron chi connectivity index (χ3n) is 7.35. The lowest BCUT2D eigenvalue weighted by molar-refractivity contribution is -0.665. The van der Waals surface area contributed by atoms with Crippen molar-refractivity contribution in [1.82, 2.24) is 10.2 Å². The van der Waals surface area contributed by atoms with E-state index in [2.05, 4.69) is 10.6 Å². The third kappa shape index (κ3) is 11.4. The first kappa shape index (κ1) is 31.0. The molecule has 1 unspecified atom stereocenters. The van der Waals surface area contributed by atoms with Crippen LogP contribution in [0.15, 0.2) is 0 Å². The van der Waals surface area contributed by atoms with Crippen molar-refractivity contribution in [2.45, 2.75) is 99.0 Å². The SMILES string of the molecule is O=C(N[C@H](CC1CCCCC1)C(=O)N1CCCCC1CCOC1CC[NH2+]CC1)OCC(Cl)(Cl)Cl.[Cl-]. The molecule has 3 N–H and O–H groups in total. The number of quaternary nitrogens is 1. The highest BCUT2D eigenvalue weighted by Crippen LogP contribution is 2.30. The first-order valence-corrected chi connectivity index (χ1v) is 14.2. The zero-order valence-corrected chi connectivity index (χ0v) is 23.5. The van der Waals surface area contributed by atoms with E-state index >= 15 is 0 Å². The molecule has 0 aromatic rings. The van der Waals surface area contributed by atoms with Crippen LogP contribution in [0.5, 0.6) is 0 Å². The van der Waals surface area contributed by atoms with Gasteiger partial charge in [-0.05, 0) is 38.0 Å². The Bertz CT molecular complexity index is 641. The van der Waals surface area contributed by atoms with Gasteiger partial charge in [-0.3, -0.25) is 4.79 Å². The molecule has 3 fully saturated rings. The number of nitrogens with two attached hydrogens (primary N) is 1. The Morgan fingerprint density at radius 2 is 1.69 bits per heavy atom. The summed E-state index contributed by atoms with van der Waals surface area (Å²) in [7, 11) is 0. The molecule has 1 saturated carbocycles. The molecule has 0 radical (unpaired) electrons. The minimum absolute atomic E-state index is 0. The standard InChI is InChI=1S/C24H40Cl3N3O4.ClH/c25-24(26,27)17-34-23(32)29-21(16-18-6-2-1-3-7-18)22(31)30-14-5-4-8-19(30)11-15-33-20-9-12-28-13-10-20;/h18-21,28H,1-17H2,(H,29,32);1H/t19?,21-;/m1./s1. The Kier molecular flexibility index (Phi) is 14.1. The van der Waals surface area contributed by atoms with Crippen LogP contribution in [0, 0.1) is 5.92 Å². The average Bonchev–Trinajstić information content (AvgIpc) is 2.83. The number of piperidine rings is 2. The van der Waals surface area contributed by atoms with Crippen molar-refractivity contribution < 1.29 is 36.8 Å². The van der Waals surface area contributed by atoms with E-state index in [4.69, 9.17) is 44.3 Å². The number of halogens is 4. The molecule has 0 aromatic heterocycles. The molecule has 0 aromatic carbocycles. The van der Waals surface area contributed by atoms with Crippen molar-refractivity contribution in [2.75, 3.05) is 32.8 Å². The fourth-order valence-electron chi connectivity index (χ4n) is 5.53. The number of nitrogens with one attached hydrogen (secondary N) is 1. The van der Waals surface area contributed by atoms with Gasteiger partial charge in [-0.1, -0.05) is 66.9 Å². The van der Waals surface area contributed by atoms with E-state index in [1.807, 2.05) is 4.90 Å². The van der Waals surface area contributed by atoms with Crippen LogP contribution in [0.4, 0.5) is 4.79 Å². The number of likely N-dealkylation sites (tertiary alicyclic amines) is 1. The molecule has 2 atom stereocenters. The Morgan fingerprint density at radius 3 is 2.37 bits per heavy atom. The van der Waals surface area contributed by atoms with Gasteiger partial charge in [0, 0.05) is 32.0 Å². The van der Waals surface area contributed by atoms with E-state index in [0.29, 0.717) is 31.6 Å². The molecule has 3 rings (SSSR count). The number of alkyl halides is 3. The van der Waals surface area contributed by atoms with Gasteiger partial charge in [0.25, 0.3) is 0 Å². The minimum atomic E-state index is -1.69. The molecule has 2 aliphatic heterocycles. The fourth-order valence-corrected chi connectivity index (χ4v) is 5.70. The molecular formula is C24H41Cl4N3O4. The number of hydrogen-bond acceptors (Lipinski definition) is 4. The summed E-state index contributed by atoms with van der Waals surface area (Å²) in [5.74, 6) is 0.402. The maximum absolute atomic E-state index is 13.7. The number of carbonyl (C=O) groups is 2. The van der Waals surface area contributed by atoms with Gasteiger partial charge in [-0.2, -0.15) is 0 Å². The van der Waals surface area contributed by atoms with E-state index in [0.717, 1.165) is 64.5 Å². The lowest BCUT2D eigenvalue weighted by Crippen LogP contribution is -3.00. The highest BCUT2D eigenvalue weighted by atomic mass is 35.6. The molecule has 2 amide bonds. The molecule has 2 saturated heterocycles. The number of carbonyl (C=O) groups excluding carboxylic acids is 2. The first-order chi connectivity index (χ1) is 16.3. The van der Waals surface area contributed by atoms with Gasteiger partial charge in [0.05, 0.1) is 19.2 Å². The number of amides is 2. The highest BCUT2D eigenvalue weighted by molar-refractivity contribution is 6.67. The second-order valence-electron chi connectivity index (χ2n) is 10.0. The number of nitrogens with zero attached hydrogens (tertiary/aromatic N) is 1. The second-order valence-corrected chi connectivity index (χ2v) is 12.6. The van der Waals surface area contributed by atoms with Gasteiger partial charge >= 0.3 is 6.09 Å². The van der Waals surface area contributed by atoms with Gasteiger partial charge < -0.3 is 37.4 Å². The Morgan fingerprint density at radius 1 is 1.00 bits per heavy atom. The molecule has 3 aliphatic rings. The van der Waals surface area contributed by atoms with Crippen LogP contribution < -0.4 is 23.0 Å². The van der Waals surface area contributed by atoms with Crippen molar-refractivity contribution in [2.24, 2.45) is 5.92 Å². The van der Waals surface area contributed by atoms with Crippen LogP contribution in [0.3, 0.4) is 0 Å². The second kappa shape index (κ2) is 15.9. The molecule has 1 aliphatic carbocycles. The summed E-state index contributed by atoms with van der Waals surface area (Å²) in [6, 6.07) is -0.481. The molecule has 0 spiro atoms. The van der Waals surface area contributed by atoms with E-state index in [-0.39, 0.29) is 31.0 Å². The van der Waals surface area contributed by atoms with Crippen molar-refractivity contribution in [3.8, 4) is 0 Å². The maximum Gasteiger partial charge on any atom is 0.407 e. The van der Waals surface area contributed by atoms with Crippen LogP contribution in [0.1, 0.15) is 77.0 Å². The quantitative estimate of drug-likeness (QED) is 0.400. The normalized spacial score (nSPS) is 23.3. The first-order valence-electron chi connectivity index (χ1n) is 13.1. The Labute approximate surface area is 231 Å². The third-order valence-corrected chi connectivity index (χ3v) is 7.68. The molecular weight excluding hydrogens is 536 g/mol. The van der Waals surface area contributed by atoms with E-state index in [1.54, 1.807) is 0 Å². The molecule has 7 nitrogen and oxygen atoms in total. The molecule has 2 heterocycles. The lowest BCUT2D eigenvalue weighted by atomic mass is 9.84. The van der Waals surface area contributed by atoms with Crippen molar-refractivity contribution in [3.63, 3.8) is 0 Å². The van der Waals surface area contributed by atoms with Gasteiger partial charge in [0.2, 0.25) is 9.70 Å². The number of hydrogen-bond donors (Lipinski definition) is 2. The van der Waals surface area contributed by atoms with E-state index in [1.165, 1.54) is 19.3 Å². The van der Waals surface area contributed by atoms with Crippen LogP contribution in [-0.2, 0) is 14.3 Å². The van der Waals surface area contributed by atoms with Crippen LogP contribution in [0.25, 0.3) is 0 Å². The summed E-state index contributed by atoms with van der Waals surface area (Å²) >= 11 is 17.1. The van der Waals surface area contributed by atoms with Crippen LogP contribution >= 0.6 is 34.8 Å². The Hall–Kier alpha value is -0.180. The fraction of sp³-hybridized carbons (Fsp3) is 0.917. The number of ether oxygens (including phenoxy) is 2. The number of rotatable bonds is 9. The summed E-state index contributed by atoms with van der Waals surface area (Å²) < 4.78 is 9.54. The largest absolute Gasteiger partial charge is 1.00 e. The molecule has 204 valence electrons. The predicted octanol–water partition coefficient (Wildman–Crippen LogP) is 0.939. The maximum atomic E-state index is 13.7. The summed E-state index contributed by atoms with van der Waals surface area (Å²) in [6.07, 6.45) is 12.1. The van der Waals surface area contributed by atoms with Gasteiger partial charge in [0.1, 0.15) is 12.6 Å². The van der Waals surface area contributed by atoms with E-state index in [9.17, 15) is 9.59 Å². The summed E-state index contributed by atoms with van der Waals surface area (Å²) in [5.41, 5.74) is 0.